The van der Waals surface area contributed by atoms with Gasteiger partial charge in [-0.25, -0.2) is 4.98 Å². The third kappa shape index (κ3) is 3.24. The van der Waals surface area contributed by atoms with Crippen molar-refractivity contribution in [2.24, 2.45) is 0 Å². The molecule has 4 rings (SSSR count). The molecule has 0 fully saturated rings. The Labute approximate surface area is 162 Å². The number of pyridine rings is 1. The van der Waals surface area contributed by atoms with Crippen molar-refractivity contribution in [3.63, 3.8) is 0 Å². The van der Waals surface area contributed by atoms with E-state index in [9.17, 15) is 4.79 Å². The van der Waals surface area contributed by atoms with Crippen LogP contribution in [-0.4, -0.2) is 28.3 Å². The first-order chi connectivity index (χ1) is 13.7. The van der Waals surface area contributed by atoms with Crippen molar-refractivity contribution in [2.45, 2.75) is 13.3 Å². The summed E-state index contributed by atoms with van der Waals surface area (Å²) in [5.41, 5.74) is 2.89. The Bertz CT molecular complexity index is 1150. The van der Waals surface area contributed by atoms with E-state index in [4.69, 9.17) is 9.47 Å². The first kappa shape index (κ1) is 17.9. The second-order valence-corrected chi connectivity index (χ2v) is 6.44. The maximum Gasteiger partial charge on any atom is 0.197 e. The van der Waals surface area contributed by atoms with Crippen LogP contribution in [0.4, 0.5) is 0 Å². The van der Waals surface area contributed by atoms with Crippen molar-refractivity contribution in [2.75, 3.05) is 13.7 Å². The Kier molecular flexibility index (Phi) is 4.85. The van der Waals surface area contributed by atoms with E-state index in [1.807, 2.05) is 54.1 Å². The van der Waals surface area contributed by atoms with Crippen LogP contribution < -0.4 is 14.9 Å². The maximum absolute atomic E-state index is 13.3. The minimum Gasteiger partial charge on any atom is -0.497 e. The van der Waals surface area contributed by atoms with Gasteiger partial charge in [0, 0.05) is 30.2 Å². The van der Waals surface area contributed by atoms with E-state index in [0.29, 0.717) is 28.8 Å². The minimum absolute atomic E-state index is 0.0535. The highest BCUT2D eigenvalue weighted by molar-refractivity contribution is 5.89. The molecule has 0 aliphatic carbocycles. The highest BCUT2D eigenvalue weighted by Crippen LogP contribution is 2.28. The maximum atomic E-state index is 13.3. The van der Waals surface area contributed by atoms with Gasteiger partial charge in [-0.3, -0.25) is 4.79 Å². The number of aromatic nitrogens is 3. The standard InChI is InChI=1S/C22H21N3O3/c1-3-10-28-20-12-16(25-9-8-23-14-25)11-18-21(20)24-13-19(22(18)26)15-4-6-17(27-2)7-5-15/h4-9,11-14H,3,10H2,1-2H3,(H,24,26). The number of nitrogens with one attached hydrogen (secondary N) is 1. The number of rotatable bonds is 6. The lowest BCUT2D eigenvalue weighted by molar-refractivity contribution is 0.320. The van der Waals surface area contributed by atoms with Crippen LogP contribution in [0.15, 0.2) is 66.1 Å². The molecule has 0 aliphatic rings. The molecule has 1 N–H and O–H groups in total. The van der Waals surface area contributed by atoms with Crippen LogP contribution in [0.5, 0.6) is 11.5 Å². The fraction of sp³-hybridized carbons (Fsp3) is 0.182. The van der Waals surface area contributed by atoms with Gasteiger partial charge < -0.3 is 19.0 Å². The predicted octanol–water partition coefficient (Wildman–Crippen LogP) is 4.18. The summed E-state index contributed by atoms with van der Waals surface area (Å²) >= 11 is 0. The van der Waals surface area contributed by atoms with Gasteiger partial charge in [0.25, 0.3) is 0 Å². The number of nitrogens with zero attached hydrogens (tertiary/aromatic N) is 2. The number of benzene rings is 2. The van der Waals surface area contributed by atoms with Crippen molar-refractivity contribution < 1.29 is 9.47 Å². The second kappa shape index (κ2) is 7.60. The zero-order valence-corrected chi connectivity index (χ0v) is 15.8. The number of H-pyrrole nitrogens is 1. The number of aromatic amines is 1. The Hall–Kier alpha value is -3.54. The first-order valence-corrected chi connectivity index (χ1v) is 9.16. The van der Waals surface area contributed by atoms with Crippen LogP contribution in [0.3, 0.4) is 0 Å². The molecule has 0 aliphatic heterocycles. The molecule has 6 nitrogen and oxygen atoms in total. The summed E-state index contributed by atoms with van der Waals surface area (Å²) in [6.07, 6.45) is 7.86. The molecular formula is C22H21N3O3. The first-order valence-electron chi connectivity index (χ1n) is 9.16. The Morgan fingerprint density at radius 3 is 2.68 bits per heavy atom. The lowest BCUT2D eigenvalue weighted by atomic mass is 10.0. The molecular weight excluding hydrogens is 354 g/mol. The van der Waals surface area contributed by atoms with E-state index in [-0.39, 0.29) is 5.43 Å². The van der Waals surface area contributed by atoms with Gasteiger partial charge in [-0.15, -0.1) is 0 Å². The normalized spacial score (nSPS) is 10.9. The quantitative estimate of drug-likeness (QED) is 0.549. The molecule has 0 spiro atoms. The summed E-state index contributed by atoms with van der Waals surface area (Å²) in [5, 5.41) is 0.575. The average Bonchev–Trinajstić information content (AvgIpc) is 3.27. The zero-order valence-electron chi connectivity index (χ0n) is 15.8. The van der Waals surface area contributed by atoms with E-state index in [1.165, 1.54) is 0 Å². The lowest BCUT2D eigenvalue weighted by Crippen LogP contribution is -2.09. The average molecular weight is 375 g/mol. The molecule has 0 unspecified atom stereocenters. The van der Waals surface area contributed by atoms with Gasteiger partial charge in [0.15, 0.2) is 5.43 Å². The van der Waals surface area contributed by atoms with Crippen LogP contribution in [0.25, 0.3) is 27.7 Å². The number of imidazole rings is 1. The third-order valence-corrected chi connectivity index (χ3v) is 4.60. The van der Waals surface area contributed by atoms with E-state index in [0.717, 1.165) is 23.4 Å². The van der Waals surface area contributed by atoms with E-state index < -0.39 is 0 Å². The summed E-state index contributed by atoms with van der Waals surface area (Å²) in [6, 6.07) is 11.2. The minimum atomic E-state index is -0.0535. The van der Waals surface area contributed by atoms with Crippen molar-refractivity contribution in [1.82, 2.24) is 14.5 Å². The van der Waals surface area contributed by atoms with E-state index in [2.05, 4.69) is 9.97 Å². The zero-order chi connectivity index (χ0) is 19.5. The van der Waals surface area contributed by atoms with Crippen molar-refractivity contribution in [3.8, 4) is 28.3 Å². The fourth-order valence-electron chi connectivity index (χ4n) is 3.16. The summed E-state index contributed by atoms with van der Waals surface area (Å²) < 4.78 is 13.0. The van der Waals surface area contributed by atoms with E-state index in [1.54, 1.807) is 25.8 Å². The van der Waals surface area contributed by atoms with Crippen LogP contribution >= 0.6 is 0 Å². The summed E-state index contributed by atoms with van der Waals surface area (Å²) in [6.45, 7) is 2.62. The van der Waals surface area contributed by atoms with Crippen LogP contribution in [0.2, 0.25) is 0 Å². The van der Waals surface area contributed by atoms with Crippen molar-refractivity contribution >= 4 is 10.9 Å². The molecule has 142 valence electrons. The smallest absolute Gasteiger partial charge is 0.197 e. The predicted molar refractivity (Wildman–Crippen MR) is 109 cm³/mol. The van der Waals surface area contributed by atoms with Crippen LogP contribution in [0.1, 0.15) is 13.3 Å². The molecule has 2 heterocycles. The molecule has 0 bridgehead atoms. The molecule has 0 radical (unpaired) electrons. The summed E-state index contributed by atoms with van der Waals surface area (Å²) in [4.78, 5) is 20.7. The number of methoxy groups -OCH3 is 1. The fourth-order valence-corrected chi connectivity index (χ4v) is 3.16. The number of ether oxygens (including phenoxy) is 2. The second-order valence-electron chi connectivity index (χ2n) is 6.44. The largest absolute Gasteiger partial charge is 0.497 e. The molecule has 2 aromatic carbocycles. The van der Waals surface area contributed by atoms with Gasteiger partial charge in [0.1, 0.15) is 11.5 Å². The summed E-state index contributed by atoms with van der Waals surface area (Å²) in [5.74, 6) is 1.40. The Balaban J connectivity index is 1.91. The summed E-state index contributed by atoms with van der Waals surface area (Å²) in [7, 11) is 1.62. The van der Waals surface area contributed by atoms with Crippen LogP contribution in [-0.2, 0) is 0 Å². The molecule has 0 atom stereocenters. The number of hydrogen-bond acceptors (Lipinski definition) is 4. The Morgan fingerprint density at radius 2 is 2.00 bits per heavy atom. The monoisotopic (exact) mass is 375 g/mol. The molecule has 0 saturated carbocycles. The van der Waals surface area contributed by atoms with Gasteiger partial charge in [-0.05, 0) is 30.2 Å². The lowest BCUT2D eigenvalue weighted by Gasteiger charge is -2.13. The number of hydrogen-bond donors (Lipinski definition) is 1. The van der Waals surface area contributed by atoms with Gasteiger partial charge in [-0.2, -0.15) is 0 Å². The van der Waals surface area contributed by atoms with Crippen LogP contribution in [0, 0.1) is 0 Å². The highest BCUT2D eigenvalue weighted by atomic mass is 16.5. The SMILES string of the molecule is CCCOc1cc(-n2ccnc2)cc2c(=O)c(-c3ccc(OC)cc3)c[nH]c12. The molecule has 4 aromatic rings. The molecule has 0 amide bonds. The highest BCUT2D eigenvalue weighted by Gasteiger charge is 2.13. The van der Waals surface area contributed by atoms with Gasteiger partial charge in [0.2, 0.25) is 0 Å². The molecule has 2 aromatic heterocycles. The molecule has 28 heavy (non-hydrogen) atoms. The third-order valence-electron chi connectivity index (χ3n) is 4.60. The van der Waals surface area contributed by atoms with E-state index >= 15 is 0 Å². The molecule has 0 saturated heterocycles. The molecule has 6 heteroatoms. The Morgan fingerprint density at radius 1 is 1.18 bits per heavy atom. The van der Waals surface area contributed by atoms with Gasteiger partial charge >= 0.3 is 0 Å². The van der Waals surface area contributed by atoms with Gasteiger partial charge in [-0.1, -0.05) is 19.1 Å². The van der Waals surface area contributed by atoms with Crippen molar-refractivity contribution in [1.29, 1.82) is 0 Å². The van der Waals surface area contributed by atoms with Crippen molar-refractivity contribution in [3.05, 3.63) is 71.5 Å². The number of fused-ring (bicyclic) bond motifs is 1. The van der Waals surface area contributed by atoms with Gasteiger partial charge in [0.05, 0.1) is 36.6 Å². The topological polar surface area (TPSA) is 69.1 Å².